The summed E-state index contributed by atoms with van der Waals surface area (Å²) in [5, 5.41) is 0. The van der Waals surface area contributed by atoms with Gasteiger partial charge in [-0.3, -0.25) is 0 Å². The largest absolute Gasteiger partial charge is 0.493 e. The molecule has 0 radical (unpaired) electrons. The van der Waals surface area contributed by atoms with Crippen molar-refractivity contribution >= 4 is 0 Å². The molecule has 0 aliphatic heterocycles. The first-order valence-corrected chi connectivity index (χ1v) is 6.53. The molecule has 2 N–H and O–H groups in total. The number of rotatable bonds is 4. The molecule has 0 aliphatic rings. The van der Waals surface area contributed by atoms with E-state index in [0.717, 1.165) is 28.2 Å². The summed E-state index contributed by atoms with van der Waals surface area (Å²) < 4.78 is 16.2. The van der Waals surface area contributed by atoms with Gasteiger partial charge in [0, 0.05) is 5.56 Å². The van der Waals surface area contributed by atoms with E-state index in [4.69, 9.17) is 19.6 Å². The summed E-state index contributed by atoms with van der Waals surface area (Å²) in [6.07, 6.45) is 0. The topological polar surface area (TPSA) is 57.6 Å². The first-order valence-electron chi connectivity index (χ1n) is 6.53. The lowest BCUT2D eigenvalue weighted by Gasteiger charge is -2.15. The Morgan fingerprint density at radius 2 is 1.65 bits per heavy atom. The van der Waals surface area contributed by atoms with Gasteiger partial charge in [0.25, 0.3) is 0 Å². The fraction of sp³-hybridized carbons (Fsp3) is 0.375. The van der Waals surface area contributed by atoms with Crippen LogP contribution in [0.3, 0.4) is 0 Å². The zero-order valence-electron chi connectivity index (χ0n) is 12.6. The summed E-state index contributed by atoms with van der Waals surface area (Å²) in [6, 6.07) is 5.48. The minimum Gasteiger partial charge on any atom is -0.493 e. The van der Waals surface area contributed by atoms with Gasteiger partial charge in [-0.2, -0.15) is 0 Å². The number of benzene rings is 1. The molecule has 1 unspecified atom stereocenters. The molecule has 108 valence electrons. The summed E-state index contributed by atoms with van der Waals surface area (Å²) in [7, 11) is 3.23. The molecule has 0 saturated heterocycles. The predicted octanol–water partition coefficient (Wildman–Crippen LogP) is 3.27. The van der Waals surface area contributed by atoms with Gasteiger partial charge in [0.15, 0.2) is 11.5 Å². The summed E-state index contributed by atoms with van der Waals surface area (Å²) in [6.45, 7) is 5.92. The average Bonchev–Trinajstić information content (AvgIpc) is 2.70. The zero-order valence-corrected chi connectivity index (χ0v) is 12.6. The van der Waals surface area contributed by atoms with Crippen LogP contribution in [-0.2, 0) is 0 Å². The Morgan fingerprint density at radius 1 is 1.00 bits per heavy atom. The average molecular weight is 275 g/mol. The summed E-state index contributed by atoms with van der Waals surface area (Å²) in [5.74, 6) is 3.15. The van der Waals surface area contributed by atoms with Crippen molar-refractivity contribution in [3.05, 3.63) is 46.4 Å². The Bertz CT molecular complexity index is 616. The maximum atomic E-state index is 6.39. The Balaban J connectivity index is 2.45. The van der Waals surface area contributed by atoms with Gasteiger partial charge in [-0.05, 0) is 44.0 Å². The van der Waals surface area contributed by atoms with E-state index in [1.54, 1.807) is 14.2 Å². The summed E-state index contributed by atoms with van der Waals surface area (Å²) in [5.41, 5.74) is 9.50. The zero-order chi connectivity index (χ0) is 14.9. The van der Waals surface area contributed by atoms with Gasteiger partial charge in [0.05, 0.1) is 20.3 Å². The molecule has 0 spiro atoms. The molecule has 2 aromatic rings. The maximum absolute atomic E-state index is 6.39. The fourth-order valence-electron chi connectivity index (χ4n) is 2.48. The van der Waals surface area contributed by atoms with E-state index in [9.17, 15) is 0 Å². The minimum absolute atomic E-state index is 0.243. The number of ether oxygens (including phenoxy) is 2. The summed E-state index contributed by atoms with van der Waals surface area (Å²) >= 11 is 0. The molecule has 0 amide bonds. The first-order chi connectivity index (χ1) is 9.49. The number of furan rings is 1. The molecular formula is C16H21NO3. The first kappa shape index (κ1) is 14.5. The van der Waals surface area contributed by atoms with Crippen LogP contribution in [0.4, 0.5) is 0 Å². The highest BCUT2D eigenvalue weighted by atomic mass is 16.5. The molecule has 0 bridgehead atoms. The van der Waals surface area contributed by atoms with E-state index in [0.29, 0.717) is 11.5 Å². The third kappa shape index (κ3) is 2.39. The van der Waals surface area contributed by atoms with Crippen molar-refractivity contribution in [2.75, 3.05) is 14.2 Å². The van der Waals surface area contributed by atoms with E-state index in [1.807, 2.05) is 39.0 Å². The lowest BCUT2D eigenvalue weighted by atomic mass is 9.96. The van der Waals surface area contributed by atoms with Crippen LogP contribution < -0.4 is 15.2 Å². The molecule has 1 atom stereocenters. The SMILES string of the molecule is COc1ccc(C(N)c2c(C)oc(C)c2C)cc1OC. The van der Waals surface area contributed by atoms with Crippen molar-refractivity contribution in [1.82, 2.24) is 0 Å². The third-order valence-corrected chi connectivity index (χ3v) is 3.70. The van der Waals surface area contributed by atoms with Crippen molar-refractivity contribution in [3.63, 3.8) is 0 Å². The molecule has 4 nitrogen and oxygen atoms in total. The smallest absolute Gasteiger partial charge is 0.161 e. The van der Waals surface area contributed by atoms with Crippen LogP contribution in [-0.4, -0.2) is 14.2 Å². The van der Waals surface area contributed by atoms with Gasteiger partial charge in [-0.15, -0.1) is 0 Å². The molecule has 1 aromatic heterocycles. The summed E-state index contributed by atoms with van der Waals surface area (Å²) in [4.78, 5) is 0. The highest BCUT2D eigenvalue weighted by Gasteiger charge is 2.20. The number of methoxy groups -OCH3 is 2. The van der Waals surface area contributed by atoms with Crippen molar-refractivity contribution in [3.8, 4) is 11.5 Å². The molecule has 1 heterocycles. The van der Waals surface area contributed by atoms with Crippen LogP contribution in [0.25, 0.3) is 0 Å². The normalized spacial score (nSPS) is 12.3. The Kier molecular flexibility index (Phi) is 4.04. The molecule has 0 aliphatic carbocycles. The maximum Gasteiger partial charge on any atom is 0.161 e. The Labute approximate surface area is 119 Å². The van der Waals surface area contributed by atoms with Gasteiger partial charge < -0.3 is 19.6 Å². The monoisotopic (exact) mass is 275 g/mol. The second kappa shape index (κ2) is 5.59. The van der Waals surface area contributed by atoms with Gasteiger partial charge >= 0.3 is 0 Å². The van der Waals surface area contributed by atoms with E-state index < -0.39 is 0 Å². The number of aryl methyl sites for hydroxylation is 2. The van der Waals surface area contributed by atoms with Crippen LogP contribution >= 0.6 is 0 Å². The van der Waals surface area contributed by atoms with Crippen molar-refractivity contribution in [2.24, 2.45) is 5.73 Å². The Morgan fingerprint density at radius 3 is 2.15 bits per heavy atom. The van der Waals surface area contributed by atoms with Crippen LogP contribution in [0, 0.1) is 20.8 Å². The van der Waals surface area contributed by atoms with Crippen LogP contribution in [0.2, 0.25) is 0 Å². The molecule has 1 aromatic carbocycles. The van der Waals surface area contributed by atoms with Gasteiger partial charge in [0.1, 0.15) is 11.5 Å². The lowest BCUT2D eigenvalue weighted by molar-refractivity contribution is 0.354. The van der Waals surface area contributed by atoms with Gasteiger partial charge in [0.2, 0.25) is 0 Å². The molecule has 0 saturated carbocycles. The second-order valence-electron chi connectivity index (χ2n) is 4.85. The molecule has 4 heteroatoms. The minimum atomic E-state index is -0.243. The van der Waals surface area contributed by atoms with E-state index in [2.05, 4.69) is 0 Å². The number of nitrogens with two attached hydrogens (primary N) is 1. The predicted molar refractivity (Wildman–Crippen MR) is 78.5 cm³/mol. The number of hydrogen-bond acceptors (Lipinski definition) is 4. The van der Waals surface area contributed by atoms with Crippen LogP contribution in [0.15, 0.2) is 22.6 Å². The van der Waals surface area contributed by atoms with Crippen molar-refractivity contribution in [1.29, 1.82) is 0 Å². The lowest BCUT2D eigenvalue weighted by Crippen LogP contribution is -2.13. The second-order valence-corrected chi connectivity index (χ2v) is 4.85. The standard InChI is InChI=1S/C16H21NO3/c1-9-10(2)20-11(3)15(9)16(17)12-6-7-13(18-4)14(8-12)19-5/h6-8,16H,17H2,1-5H3. The molecule has 0 fully saturated rings. The third-order valence-electron chi connectivity index (χ3n) is 3.70. The van der Waals surface area contributed by atoms with Crippen molar-refractivity contribution < 1.29 is 13.9 Å². The Hall–Kier alpha value is -1.94. The molecule has 20 heavy (non-hydrogen) atoms. The molecular weight excluding hydrogens is 254 g/mol. The molecule has 2 rings (SSSR count). The van der Waals surface area contributed by atoms with Crippen molar-refractivity contribution in [2.45, 2.75) is 26.8 Å². The van der Waals surface area contributed by atoms with Gasteiger partial charge in [-0.1, -0.05) is 6.07 Å². The number of hydrogen-bond donors (Lipinski definition) is 1. The highest BCUT2D eigenvalue weighted by Crippen LogP contribution is 2.34. The van der Waals surface area contributed by atoms with Crippen LogP contribution in [0.1, 0.15) is 34.3 Å². The van der Waals surface area contributed by atoms with Gasteiger partial charge in [-0.25, -0.2) is 0 Å². The van der Waals surface area contributed by atoms with E-state index in [-0.39, 0.29) is 6.04 Å². The van der Waals surface area contributed by atoms with E-state index >= 15 is 0 Å². The fourth-order valence-corrected chi connectivity index (χ4v) is 2.48. The van der Waals surface area contributed by atoms with E-state index in [1.165, 1.54) is 0 Å². The van der Waals surface area contributed by atoms with Crippen LogP contribution in [0.5, 0.6) is 11.5 Å². The quantitative estimate of drug-likeness (QED) is 0.930. The highest BCUT2D eigenvalue weighted by molar-refractivity contribution is 5.47.